The van der Waals surface area contributed by atoms with E-state index in [0.29, 0.717) is 31.3 Å². The van der Waals surface area contributed by atoms with Crippen LogP contribution in [0.15, 0.2) is 0 Å². The number of carbonyl (C=O) groups excluding carboxylic acids is 8. The van der Waals surface area contributed by atoms with Crippen LogP contribution in [0.1, 0.15) is 110 Å². The monoisotopic (exact) mass is 1100 g/mol. The SMILES string of the molecule is C[C@H](N)C=O.[CH2-][C@@H](CSCC(=O)NCCNC(=O)COCCOCCNC(=O)COCCOCCCC(=O)CC[C@H](NC(=O)CCCCCCCCCCC(=O)O)C(=O)O)C(=O)C[C@@H](CO)C(C)=O.[Y]. The van der Waals surface area contributed by atoms with Crippen molar-refractivity contribution in [2.45, 2.75) is 122 Å². The van der Waals surface area contributed by atoms with Gasteiger partial charge >= 0.3 is 11.9 Å². The Bertz CT molecular complexity index is 1500. The Labute approximate surface area is 442 Å². The van der Waals surface area contributed by atoms with E-state index in [2.05, 4.69) is 28.2 Å². The van der Waals surface area contributed by atoms with Crippen molar-refractivity contribution in [3.8, 4) is 0 Å². The van der Waals surface area contributed by atoms with E-state index in [1.54, 1.807) is 6.92 Å². The van der Waals surface area contributed by atoms with Crippen LogP contribution in [0.5, 0.6) is 0 Å². The van der Waals surface area contributed by atoms with E-state index in [4.69, 9.17) is 29.8 Å². The number of nitrogens with one attached hydrogen (secondary N) is 4. The molecule has 0 unspecified atom stereocenters. The predicted octanol–water partition coefficient (Wildman–Crippen LogP) is 0.956. The standard InChI is InChI=1S/C43H73N4O16S.C3H7NO.Y/c1-32(37(51)26-34(27-48)33(2)49)30-64-31-41(55)45-18-17-44-39(53)28-63-25-23-61-21-19-46-40(54)29-62-24-22-60-20-11-12-35(50)15-16-36(43(58)59)47-38(52)13-9-7-5-3-4-6-8-10-14-42(56)57;1-3(4)2-5;/h32,34,36,48H,1,3-31H2,2H3,(H,44,53)(H,45,55)(H,46,54)(H,47,52)(H,56,57)(H,58,59);2-3H,4H2,1H3;/q-1;;/t32-,34-,36-;3-;/m00./s1. The van der Waals surface area contributed by atoms with Gasteiger partial charge in [-0.05, 0) is 45.3 Å². The van der Waals surface area contributed by atoms with Gasteiger partial charge in [0.2, 0.25) is 23.6 Å². The van der Waals surface area contributed by atoms with Crippen LogP contribution >= 0.6 is 11.8 Å². The van der Waals surface area contributed by atoms with Crippen molar-refractivity contribution < 1.29 is 115 Å². The van der Waals surface area contributed by atoms with Crippen LogP contribution in [0.4, 0.5) is 0 Å². The third-order valence-corrected chi connectivity index (χ3v) is 10.8. The normalized spacial score (nSPS) is 12.4. The Morgan fingerprint density at radius 2 is 1.16 bits per heavy atom. The first-order valence-corrected chi connectivity index (χ1v) is 24.7. The van der Waals surface area contributed by atoms with E-state index in [9.17, 15) is 58.2 Å². The first kappa shape index (κ1) is 71.0. The Kier molecular flexibility index (Phi) is 50.0. The second-order valence-electron chi connectivity index (χ2n) is 16.1. The molecular weight excluding hydrogens is 1020 g/mol. The summed E-state index contributed by atoms with van der Waals surface area (Å²) in [6, 6.07) is -1.43. The Morgan fingerprint density at radius 1 is 0.657 bits per heavy atom. The number of hydrogen-bond acceptors (Lipinski definition) is 17. The molecule has 0 fully saturated rings. The summed E-state index contributed by atoms with van der Waals surface area (Å²) in [6.07, 6.45) is 8.68. The zero-order valence-electron chi connectivity index (χ0n) is 41.2. The fourth-order valence-corrected chi connectivity index (χ4v) is 6.55. The van der Waals surface area contributed by atoms with Gasteiger partial charge in [0.05, 0.1) is 51.4 Å². The molecule has 24 heteroatoms. The average molecular weight is 1100 g/mol. The number of ketones is 3. The fraction of sp³-hybridized carbons (Fsp3) is 0.761. The number of amides is 4. The molecule has 0 saturated carbocycles. The van der Waals surface area contributed by atoms with E-state index in [0.717, 1.165) is 38.5 Å². The molecule has 4 atom stereocenters. The molecule has 0 aromatic heterocycles. The number of thioether (sulfide) groups is 1. The van der Waals surface area contributed by atoms with Gasteiger partial charge in [-0.15, -0.1) is 5.92 Å². The first-order chi connectivity index (χ1) is 32.9. The molecule has 0 aliphatic rings. The largest absolute Gasteiger partial charge is 0.481 e. The third-order valence-electron chi connectivity index (χ3n) is 9.65. The summed E-state index contributed by atoms with van der Waals surface area (Å²) in [6.45, 7) is 7.76. The van der Waals surface area contributed by atoms with Gasteiger partial charge in [0.25, 0.3) is 0 Å². The van der Waals surface area contributed by atoms with Gasteiger partial charge in [-0.25, -0.2) is 4.79 Å². The minimum atomic E-state index is -1.19. The fourth-order valence-electron chi connectivity index (χ4n) is 5.67. The smallest absolute Gasteiger partial charge is 0.326 e. The van der Waals surface area contributed by atoms with Gasteiger partial charge < -0.3 is 77.8 Å². The van der Waals surface area contributed by atoms with Gasteiger partial charge in [-0.2, -0.15) is 11.8 Å². The molecule has 4 amide bonds. The van der Waals surface area contributed by atoms with Crippen molar-refractivity contribution in [2.75, 3.05) is 90.6 Å². The second kappa shape index (κ2) is 49.3. The maximum atomic E-state index is 12.3. The summed E-state index contributed by atoms with van der Waals surface area (Å²) in [5.74, 6) is -4.93. The molecule has 0 saturated heterocycles. The number of carboxylic acid groups (broad SMARTS) is 2. The molecule has 0 aliphatic heterocycles. The molecule has 1 radical (unpaired) electrons. The molecule has 22 nitrogen and oxygen atoms in total. The number of aliphatic hydroxyl groups is 1. The summed E-state index contributed by atoms with van der Waals surface area (Å²) in [5, 5.41) is 37.7. The molecule has 0 bridgehead atoms. The number of aliphatic carboxylic acids is 2. The molecular formula is C46H80N5O17SY-. The molecule has 0 heterocycles. The molecule has 0 aliphatic carbocycles. The topological polar surface area (TPSA) is 342 Å². The number of Topliss-reactive ketones (excluding diaryl/α,β-unsaturated/α-hetero) is 3. The van der Waals surface area contributed by atoms with Crippen molar-refractivity contribution in [1.82, 2.24) is 21.3 Å². The summed E-state index contributed by atoms with van der Waals surface area (Å²) in [5.41, 5.74) is 4.92. The molecule has 0 spiro atoms. The van der Waals surface area contributed by atoms with E-state index in [1.807, 2.05) is 0 Å². The number of ether oxygens (including phenoxy) is 4. The molecule has 0 rings (SSSR count). The predicted molar refractivity (Wildman–Crippen MR) is 256 cm³/mol. The minimum absolute atomic E-state index is 0. The number of unbranched alkanes of at least 4 members (excludes halogenated alkanes) is 7. The summed E-state index contributed by atoms with van der Waals surface area (Å²) >= 11 is 1.22. The minimum Gasteiger partial charge on any atom is -0.481 e. The third kappa shape index (κ3) is 48.3. The number of aliphatic hydroxyl groups excluding tert-OH is 1. The molecule has 9 N–H and O–H groups in total. The van der Waals surface area contributed by atoms with Crippen LogP contribution in [0.3, 0.4) is 0 Å². The van der Waals surface area contributed by atoms with Crippen molar-refractivity contribution in [1.29, 1.82) is 0 Å². The summed E-state index contributed by atoms with van der Waals surface area (Å²) in [4.78, 5) is 115. The van der Waals surface area contributed by atoms with Crippen LogP contribution in [-0.4, -0.2) is 177 Å². The van der Waals surface area contributed by atoms with Crippen molar-refractivity contribution in [3.05, 3.63) is 6.92 Å². The number of carboxylic acids is 2. The zero-order chi connectivity index (χ0) is 52.1. The van der Waals surface area contributed by atoms with Crippen molar-refractivity contribution >= 4 is 71.0 Å². The number of hydrogen-bond donors (Lipinski definition) is 8. The quantitative estimate of drug-likeness (QED) is 0.0239. The summed E-state index contributed by atoms with van der Waals surface area (Å²) < 4.78 is 21.3. The van der Waals surface area contributed by atoms with Crippen LogP contribution in [0.2, 0.25) is 0 Å². The maximum Gasteiger partial charge on any atom is 0.326 e. The Balaban J connectivity index is -0.00000708. The number of nitrogens with two attached hydrogens (primary N) is 1. The van der Waals surface area contributed by atoms with Gasteiger partial charge in [0, 0.05) is 97.0 Å². The number of rotatable bonds is 46. The van der Waals surface area contributed by atoms with Gasteiger partial charge in [-0.1, -0.05) is 38.5 Å². The van der Waals surface area contributed by atoms with Crippen molar-refractivity contribution in [3.63, 3.8) is 0 Å². The molecule has 70 heavy (non-hydrogen) atoms. The average Bonchev–Trinajstić information content (AvgIpc) is 3.30. The van der Waals surface area contributed by atoms with Crippen LogP contribution in [-0.2, 0) is 99.6 Å². The number of aldehydes is 1. The van der Waals surface area contributed by atoms with E-state index < -0.39 is 36.4 Å². The Morgan fingerprint density at radius 3 is 1.67 bits per heavy atom. The van der Waals surface area contributed by atoms with E-state index >= 15 is 0 Å². The summed E-state index contributed by atoms with van der Waals surface area (Å²) in [7, 11) is 0. The Hall–Kier alpha value is -3.29. The molecule has 0 aromatic carbocycles. The van der Waals surface area contributed by atoms with Gasteiger partial charge in [0.1, 0.15) is 42.9 Å². The molecule has 0 aromatic rings. The van der Waals surface area contributed by atoms with Crippen molar-refractivity contribution in [2.24, 2.45) is 17.6 Å². The zero-order valence-corrected chi connectivity index (χ0v) is 44.9. The van der Waals surface area contributed by atoms with Crippen LogP contribution in [0, 0.1) is 18.8 Å². The van der Waals surface area contributed by atoms with E-state index in [1.165, 1.54) is 18.7 Å². The van der Waals surface area contributed by atoms with Gasteiger partial charge in [-0.3, -0.25) is 33.6 Å². The van der Waals surface area contributed by atoms with Gasteiger partial charge in [0.15, 0.2) is 0 Å². The maximum absolute atomic E-state index is 12.3. The van der Waals surface area contributed by atoms with Crippen LogP contribution in [0.25, 0.3) is 0 Å². The number of carbonyl (C=O) groups is 10. The van der Waals surface area contributed by atoms with Crippen LogP contribution < -0.4 is 27.0 Å². The van der Waals surface area contributed by atoms with E-state index in [-0.39, 0.29) is 196 Å². The second-order valence-corrected chi connectivity index (χ2v) is 17.1. The first-order valence-electron chi connectivity index (χ1n) is 23.6. The molecule has 401 valence electrons.